The van der Waals surface area contributed by atoms with E-state index in [1.54, 1.807) is 20.8 Å². The Morgan fingerprint density at radius 3 is 2.48 bits per heavy atom. The van der Waals surface area contributed by atoms with Crippen molar-refractivity contribution in [3.8, 4) is 0 Å². The number of nitrogens with one attached hydrogen (secondary N) is 1. The van der Waals surface area contributed by atoms with Gasteiger partial charge in [0.15, 0.2) is 0 Å². The third-order valence-corrected chi connectivity index (χ3v) is 3.20. The van der Waals surface area contributed by atoms with Gasteiger partial charge in [-0.15, -0.1) is 0 Å². The molecule has 0 spiro atoms. The monoisotopic (exact) mass is 349 g/mol. The molecule has 1 aromatic carbocycles. The highest BCUT2D eigenvalue weighted by Gasteiger charge is 2.27. The maximum atomic E-state index is 12.0. The fraction of sp³-hybridized carbons (Fsp3) is 0.474. The van der Waals surface area contributed by atoms with Crippen molar-refractivity contribution in [2.45, 2.75) is 51.4 Å². The zero-order valence-corrected chi connectivity index (χ0v) is 15.0. The van der Waals surface area contributed by atoms with E-state index in [4.69, 9.17) is 9.47 Å². The van der Waals surface area contributed by atoms with Crippen LogP contribution in [-0.4, -0.2) is 41.5 Å². The zero-order valence-electron chi connectivity index (χ0n) is 15.0. The number of hydrogen-bond acceptors (Lipinski definition) is 5. The third-order valence-electron chi connectivity index (χ3n) is 3.20. The first-order chi connectivity index (χ1) is 11.7. The van der Waals surface area contributed by atoms with E-state index in [0.29, 0.717) is 6.42 Å². The standard InChI is InChI=1S/C19H27NO5/c1-5-11-24-17(22)13-16(21)15(12-14-9-7-6-8-10-14)20-18(23)25-19(2,3)4/h5-10,15-16,21H,1,11-13H2,2-4H3,(H,20,23)/t15-,16+/m1/s1. The number of benzene rings is 1. The van der Waals surface area contributed by atoms with E-state index in [1.807, 2.05) is 30.3 Å². The molecule has 6 nitrogen and oxygen atoms in total. The van der Waals surface area contributed by atoms with E-state index >= 15 is 0 Å². The third kappa shape index (κ3) is 8.91. The number of rotatable bonds is 8. The molecule has 0 fully saturated rings. The second kappa shape index (κ2) is 9.84. The van der Waals surface area contributed by atoms with Crippen LogP contribution in [0.4, 0.5) is 4.79 Å². The van der Waals surface area contributed by atoms with Crippen LogP contribution >= 0.6 is 0 Å². The van der Waals surface area contributed by atoms with Gasteiger partial charge in [-0.25, -0.2) is 4.79 Å². The SMILES string of the molecule is C=CCOC(=O)C[C@H](O)[C@@H](Cc1ccccc1)NC(=O)OC(C)(C)C. The molecule has 0 saturated carbocycles. The fourth-order valence-corrected chi connectivity index (χ4v) is 2.13. The van der Waals surface area contributed by atoms with Crippen molar-refractivity contribution in [1.29, 1.82) is 0 Å². The number of amides is 1. The van der Waals surface area contributed by atoms with Crippen LogP contribution in [0.25, 0.3) is 0 Å². The highest BCUT2D eigenvalue weighted by atomic mass is 16.6. The first kappa shape index (κ1) is 20.7. The van der Waals surface area contributed by atoms with Crippen molar-refractivity contribution in [2.24, 2.45) is 0 Å². The largest absolute Gasteiger partial charge is 0.461 e. The molecule has 0 aliphatic carbocycles. The lowest BCUT2D eigenvalue weighted by Gasteiger charge is -2.26. The quantitative estimate of drug-likeness (QED) is 0.557. The van der Waals surface area contributed by atoms with E-state index in [2.05, 4.69) is 11.9 Å². The predicted octanol–water partition coefficient (Wildman–Crippen LogP) is 2.60. The molecule has 0 aliphatic rings. The van der Waals surface area contributed by atoms with Gasteiger partial charge in [0.1, 0.15) is 12.2 Å². The van der Waals surface area contributed by atoms with Crippen molar-refractivity contribution >= 4 is 12.1 Å². The van der Waals surface area contributed by atoms with Crippen LogP contribution in [0.2, 0.25) is 0 Å². The second-order valence-corrected chi connectivity index (χ2v) is 6.69. The lowest BCUT2D eigenvalue weighted by molar-refractivity contribution is -0.145. The average Bonchev–Trinajstić information content (AvgIpc) is 2.51. The summed E-state index contributed by atoms with van der Waals surface area (Å²) in [7, 11) is 0. The molecule has 0 aromatic heterocycles. The molecule has 1 aromatic rings. The number of esters is 1. The van der Waals surface area contributed by atoms with Crippen LogP contribution in [0.15, 0.2) is 43.0 Å². The van der Waals surface area contributed by atoms with Crippen LogP contribution in [0, 0.1) is 0 Å². The summed E-state index contributed by atoms with van der Waals surface area (Å²) in [6.45, 7) is 8.80. The summed E-state index contributed by atoms with van der Waals surface area (Å²) >= 11 is 0. The van der Waals surface area contributed by atoms with Crippen LogP contribution in [0.5, 0.6) is 0 Å². The predicted molar refractivity (Wildman–Crippen MR) is 95.1 cm³/mol. The maximum absolute atomic E-state index is 12.0. The second-order valence-electron chi connectivity index (χ2n) is 6.69. The van der Waals surface area contributed by atoms with Gasteiger partial charge in [-0.05, 0) is 32.8 Å². The Morgan fingerprint density at radius 1 is 1.28 bits per heavy atom. The van der Waals surface area contributed by atoms with Crippen molar-refractivity contribution in [1.82, 2.24) is 5.32 Å². The van der Waals surface area contributed by atoms with Gasteiger partial charge >= 0.3 is 12.1 Å². The molecular formula is C19H27NO5. The number of alkyl carbamates (subject to hydrolysis) is 1. The molecule has 138 valence electrons. The normalized spacial score (nSPS) is 13.4. The number of aliphatic hydroxyl groups excluding tert-OH is 1. The minimum Gasteiger partial charge on any atom is -0.461 e. The molecule has 0 aliphatic heterocycles. The number of carbonyl (C=O) groups is 2. The molecular weight excluding hydrogens is 322 g/mol. The zero-order chi connectivity index (χ0) is 18.9. The van der Waals surface area contributed by atoms with Gasteiger partial charge in [-0.2, -0.15) is 0 Å². The first-order valence-corrected chi connectivity index (χ1v) is 8.19. The minimum atomic E-state index is -1.11. The molecule has 0 unspecified atom stereocenters. The Bertz CT molecular complexity index is 565. The summed E-state index contributed by atoms with van der Waals surface area (Å²) in [6.07, 6.45) is -0.182. The molecule has 1 amide bonds. The highest BCUT2D eigenvalue weighted by molar-refractivity contribution is 5.71. The van der Waals surface area contributed by atoms with E-state index in [0.717, 1.165) is 5.56 Å². The number of carbonyl (C=O) groups excluding carboxylic acids is 2. The molecule has 0 radical (unpaired) electrons. The summed E-state index contributed by atoms with van der Waals surface area (Å²) in [6, 6.07) is 8.69. The summed E-state index contributed by atoms with van der Waals surface area (Å²) in [5.41, 5.74) is 0.261. The van der Waals surface area contributed by atoms with E-state index in [1.165, 1.54) is 6.08 Å². The minimum absolute atomic E-state index is 0.0778. The van der Waals surface area contributed by atoms with Gasteiger partial charge in [0.25, 0.3) is 0 Å². The van der Waals surface area contributed by atoms with Gasteiger partial charge in [0, 0.05) is 0 Å². The lowest BCUT2D eigenvalue weighted by atomic mass is 9.99. The van der Waals surface area contributed by atoms with Crippen molar-refractivity contribution < 1.29 is 24.2 Å². The number of ether oxygens (including phenoxy) is 2. The van der Waals surface area contributed by atoms with Gasteiger partial charge < -0.3 is 19.9 Å². The van der Waals surface area contributed by atoms with Crippen molar-refractivity contribution in [3.63, 3.8) is 0 Å². The summed E-state index contributed by atoms with van der Waals surface area (Å²) in [4.78, 5) is 23.8. The maximum Gasteiger partial charge on any atom is 0.407 e. The van der Waals surface area contributed by atoms with Gasteiger partial charge in [0.2, 0.25) is 0 Å². The van der Waals surface area contributed by atoms with Crippen LogP contribution in [0.3, 0.4) is 0 Å². The Hall–Kier alpha value is -2.34. The van der Waals surface area contributed by atoms with Gasteiger partial charge in [-0.3, -0.25) is 4.79 Å². The Kier molecular flexibility index (Phi) is 8.15. The molecule has 2 atom stereocenters. The topological polar surface area (TPSA) is 84.9 Å². The van der Waals surface area contributed by atoms with Crippen LogP contribution in [-0.2, 0) is 20.7 Å². The van der Waals surface area contributed by atoms with E-state index in [9.17, 15) is 14.7 Å². The summed E-state index contributed by atoms with van der Waals surface area (Å²) in [5, 5.41) is 13.0. The molecule has 0 bridgehead atoms. The van der Waals surface area contributed by atoms with Gasteiger partial charge in [0.05, 0.1) is 18.6 Å². The molecule has 1 rings (SSSR count). The average molecular weight is 349 g/mol. The fourth-order valence-electron chi connectivity index (χ4n) is 2.13. The molecule has 6 heteroatoms. The Labute approximate surface area is 148 Å². The van der Waals surface area contributed by atoms with Crippen molar-refractivity contribution in [3.05, 3.63) is 48.6 Å². The van der Waals surface area contributed by atoms with Crippen molar-refractivity contribution in [2.75, 3.05) is 6.61 Å². The van der Waals surface area contributed by atoms with Crippen LogP contribution < -0.4 is 5.32 Å². The summed E-state index contributed by atoms with van der Waals surface area (Å²) < 4.78 is 10.1. The first-order valence-electron chi connectivity index (χ1n) is 8.19. The van der Waals surface area contributed by atoms with Crippen LogP contribution in [0.1, 0.15) is 32.8 Å². The van der Waals surface area contributed by atoms with E-state index in [-0.39, 0.29) is 13.0 Å². The highest BCUT2D eigenvalue weighted by Crippen LogP contribution is 2.12. The van der Waals surface area contributed by atoms with Gasteiger partial charge in [-0.1, -0.05) is 43.0 Å². The molecule has 25 heavy (non-hydrogen) atoms. The number of hydrogen-bond donors (Lipinski definition) is 2. The molecule has 2 N–H and O–H groups in total. The molecule has 0 saturated heterocycles. The smallest absolute Gasteiger partial charge is 0.407 e. The molecule has 0 heterocycles. The van der Waals surface area contributed by atoms with E-state index < -0.39 is 29.8 Å². The number of aliphatic hydroxyl groups is 1. The lowest BCUT2D eigenvalue weighted by Crippen LogP contribution is -2.47. The summed E-state index contributed by atoms with van der Waals surface area (Å²) in [5.74, 6) is -0.559. The Morgan fingerprint density at radius 2 is 1.92 bits per heavy atom. The Balaban J connectivity index is 2.77.